The van der Waals surface area contributed by atoms with Crippen molar-refractivity contribution in [2.45, 2.75) is 19.8 Å². The van der Waals surface area contributed by atoms with Crippen molar-refractivity contribution in [2.24, 2.45) is 5.73 Å². The molecule has 0 aromatic carbocycles. The SMILES string of the molecule is Cc1c(I)[nH]c(CCCN)c1I. The fourth-order valence-corrected chi connectivity index (χ4v) is 2.84. The average Bonchev–Trinajstić information content (AvgIpc) is 2.30. The van der Waals surface area contributed by atoms with Crippen LogP contribution in [0, 0.1) is 14.2 Å². The number of H-pyrrole nitrogens is 1. The summed E-state index contributed by atoms with van der Waals surface area (Å²) in [6.45, 7) is 2.91. The average molecular weight is 390 g/mol. The number of aromatic amines is 1. The molecular formula is C8H12I2N2. The maximum atomic E-state index is 5.45. The molecule has 0 amide bonds. The minimum Gasteiger partial charge on any atom is -0.353 e. The van der Waals surface area contributed by atoms with E-state index in [2.05, 4.69) is 57.1 Å². The number of nitrogens with two attached hydrogens (primary N) is 1. The molecule has 1 aromatic rings. The predicted molar refractivity (Wildman–Crippen MR) is 68.3 cm³/mol. The van der Waals surface area contributed by atoms with Gasteiger partial charge in [-0.15, -0.1) is 0 Å². The van der Waals surface area contributed by atoms with Crippen LogP contribution in [-0.4, -0.2) is 11.5 Å². The molecule has 2 nitrogen and oxygen atoms in total. The van der Waals surface area contributed by atoms with E-state index in [0.29, 0.717) is 0 Å². The second-order valence-electron chi connectivity index (χ2n) is 2.75. The van der Waals surface area contributed by atoms with Crippen LogP contribution < -0.4 is 5.73 Å². The third kappa shape index (κ3) is 2.35. The fourth-order valence-electron chi connectivity index (χ4n) is 1.05. The van der Waals surface area contributed by atoms with Crippen molar-refractivity contribution in [3.63, 3.8) is 0 Å². The molecule has 0 bridgehead atoms. The molecular weight excluding hydrogens is 378 g/mol. The Morgan fingerprint density at radius 3 is 2.50 bits per heavy atom. The van der Waals surface area contributed by atoms with E-state index in [1.165, 1.54) is 18.5 Å². The quantitative estimate of drug-likeness (QED) is 0.766. The molecule has 1 heterocycles. The third-order valence-electron chi connectivity index (χ3n) is 1.81. The zero-order chi connectivity index (χ0) is 9.14. The van der Waals surface area contributed by atoms with E-state index in [1.807, 2.05) is 0 Å². The first-order valence-electron chi connectivity index (χ1n) is 3.89. The molecule has 0 spiro atoms. The number of aryl methyl sites for hydroxylation is 1. The lowest BCUT2D eigenvalue weighted by Crippen LogP contribution is -2.01. The Balaban J connectivity index is 2.79. The summed E-state index contributed by atoms with van der Waals surface area (Å²) in [5, 5.41) is 0. The molecule has 0 radical (unpaired) electrons. The van der Waals surface area contributed by atoms with Gasteiger partial charge in [0.1, 0.15) is 0 Å². The second-order valence-corrected chi connectivity index (χ2v) is 4.91. The fraction of sp³-hybridized carbons (Fsp3) is 0.500. The van der Waals surface area contributed by atoms with E-state index < -0.39 is 0 Å². The molecule has 3 N–H and O–H groups in total. The van der Waals surface area contributed by atoms with Gasteiger partial charge in [-0.25, -0.2) is 0 Å². The van der Waals surface area contributed by atoms with Crippen molar-refractivity contribution < 1.29 is 0 Å². The first kappa shape index (κ1) is 10.8. The highest BCUT2D eigenvalue weighted by Gasteiger charge is 2.08. The van der Waals surface area contributed by atoms with E-state index >= 15 is 0 Å². The zero-order valence-corrected chi connectivity index (χ0v) is 11.3. The standard InChI is InChI=1S/C8H12I2N2/c1-5-7(9)6(3-2-4-11)12-8(5)10/h12H,2-4,11H2,1H3. The van der Waals surface area contributed by atoms with Gasteiger partial charge in [0.15, 0.2) is 0 Å². The van der Waals surface area contributed by atoms with Crippen LogP contribution in [0.2, 0.25) is 0 Å². The minimum absolute atomic E-state index is 0.769. The Labute approximate surface area is 100.0 Å². The third-order valence-corrected chi connectivity index (χ3v) is 4.35. The summed E-state index contributed by atoms with van der Waals surface area (Å²) in [5.41, 5.74) is 8.15. The van der Waals surface area contributed by atoms with E-state index in [-0.39, 0.29) is 0 Å². The maximum Gasteiger partial charge on any atom is 0.0814 e. The molecule has 0 saturated heterocycles. The number of nitrogens with one attached hydrogen (secondary N) is 1. The van der Waals surface area contributed by atoms with Gasteiger partial charge >= 0.3 is 0 Å². The van der Waals surface area contributed by atoms with Crippen LogP contribution in [0.15, 0.2) is 0 Å². The van der Waals surface area contributed by atoms with Crippen LogP contribution in [0.4, 0.5) is 0 Å². The first-order chi connectivity index (χ1) is 5.66. The lowest BCUT2D eigenvalue weighted by molar-refractivity contribution is 0.811. The van der Waals surface area contributed by atoms with Gasteiger partial charge in [0.05, 0.1) is 3.70 Å². The Bertz CT molecular complexity index is 268. The van der Waals surface area contributed by atoms with Crippen LogP contribution >= 0.6 is 45.2 Å². The van der Waals surface area contributed by atoms with Gasteiger partial charge in [-0.2, -0.15) is 0 Å². The van der Waals surface area contributed by atoms with E-state index in [4.69, 9.17) is 5.73 Å². The molecule has 68 valence electrons. The van der Waals surface area contributed by atoms with Crippen LogP contribution in [0.1, 0.15) is 17.7 Å². The van der Waals surface area contributed by atoms with Crippen molar-refractivity contribution >= 4 is 45.2 Å². The minimum atomic E-state index is 0.769. The van der Waals surface area contributed by atoms with Crippen molar-refractivity contribution in [3.8, 4) is 0 Å². The lowest BCUT2D eigenvalue weighted by atomic mass is 10.2. The molecule has 0 aliphatic heterocycles. The van der Waals surface area contributed by atoms with Crippen LogP contribution in [0.3, 0.4) is 0 Å². The van der Waals surface area contributed by atoms with Crippen molar-refractivity contribution in [3.05, 3.63) is 18.5 Å². The maximum absolute atomic E-state index is 5.45. The van der Waals surface area contributed by atoms with Gasteiger partial charge in [0.2, 0.25) is 0 Å². The molecule has 1 rings (SSSR count). The van der Waals surface area contributed by atoms with Crippen LogP contribution in [-0.2, 0) is 6.42 Å². The Morgan fingerprint density at radius 2 is 2.08 bits per heavy atom. The summed E-state index contributed by atoms with van der Waals surface area (Å²) in [4.78, 5) is 3.37. The van der Waals surface area contributed by atoms with Gasteiger partial charge in [-0.3, -0.25) is 0 Å². The number of rotatable bonds is 3. The first-order valence-corrected chi connectivity index (χ1v) is 6.05. The zero-order valence-electron chi connectivity index (χ0n) is 6.95. The summed E-state index contributed by atoms with van der Waals surface area (Å²) >= 11 is 4.72. The summed E-state index contributed by atoms with van der Waals surface area (Å²) in [6, 6.07) is 0. The van der Waals surface area contributed by atoms with Gasteiger partial charge in [-0.05, 0) is 77.1 Å². The normalized spacial score (nSPS) is 10.7. The lowest BCUT2D eigenvalue weighted by Gasteiger charge is -1.96. The summed E-state index contributed by atoms with van der Waals surface area (Å²) < 4.78 is 2.62. The number of aromatic nitrogens is 1. The van der Waals surface area contributed by atoms with E-state index in [0.717, 1.165) is 19.4 Å². The van der Waals surface area contributed by atoms with Gasteiger partial charge < -0.3 is 10.7 Å². The van der Waals surface area contributed by atoms with Crippen LogP contribution in [0.5, 0.6) is 0 Å². The van der Waals surface area contributed by atoms with Crippen molar-refractivity contribution in [2.75, 3.05) is 6.54 Å². The molecule has 0 atom stereocenters. The summed E-state index contributed by atoms with van der Waals surface area (Å²) in [7, 11) is 0. The van der Waals surface area contributed by atoms with Crippen molar-refractivity contribution in [1.29, 1.82) is 0 Å². The predicted octanol–water partition coefficient (Wildman–Crippen LogP) is 2.42. The molecule has 4 heteroatoms. The number of halogens is 2. The van der Waals surface area contributed by atoms with Crippen molar-refractivity contribution in [1.82, 2.24) is 4.98 Å². The smallest absolute Gasteiger partial charge is 0.0814 e. The Hall–Kier alpha value is 0.700. The monoisotopic (exact) mass is 390 g/mol. The number of hydrogen-bond acceptors (Lipinski definition) is 1. The molecule has 12 heavy (non-hydrogen) atoms. The molecule has 0 unspecified atom stereocenters. The summed E-state index contributed by atoms with van der Waals surface area (Å²) in [5.74, 6) is 0. The molecule has 1 aromatic heterocycles. The summed E-state index contributed by atoms with van der Waals surface area (Å²) in [6.07, 6.45) is 2.13. The topological polar surface area (TPSA) is 41.8 Å². The molecule has 0 saturated carbocycles. The second kappa shape index (κ2) is 4.80. The number of hydrogen-bond donors (Lipinski definition) is 2. The van der Waals surface area contributed by atoms with Gasteiger partial charge in [0.25, 0.3) is 0 Å². The van der Waals surface area contributed by atoms with Gasteiger partial charge in [0, 0.05) is 9.26 Å². The highest BCUT2D eigenvalue weighted by Crippen LogP contribution is 2.22. The highest BCUT2D eigenvalue weighted by molar-refractivity contribution is 14.1. The largest absolute Gasteiger partial charge is 0.353 e. The van der Waals surface area contributed by atoms with E-state index in [9.17, 15) is 0 Å². The van der Waals surface area contributed by atoms with Crippen LogP contribution in [0.25, 0.3) is 0 Å². The highest BCUT2D eigenvalue weighted by atomic mass is 127. The molecule has 0 aliphatic carbocycles. The van der Waals surface area contributed by atoms with Gasteiger partial charge in [-0.1, -0.05) is 0 Å². The molecule has 0 fully saturated rings. The Morgan fingerprint density at radius 1 is 1.42 bits per heavy atom. The Kier molecular flexibility index (Phi) is 4.31. The molecule has 0 aliphatic rings. The van der Waals surface area contributed by atoms with E-state index in [1.54, 1.807) is 0 Å².